The number of nitrogens with two attached hydrogens (primary N) is 1. The quantitative estimate of drug-likeness (QED) is 0.604. The molecule has 0 bridgehead atoms. The zero-order valence-corrected chi connectivity index (χ0v) is 16.1. The zero-order valence-electron chi connectivity index (χ0n) is 13.2. The molecule has 2 aromatic carbocycles. The van der Waals surface area contributed by atoms with Crippen LogP contribution in [-0.4, -0.2) is 13.4 Å². The third kappa shape index (κ3) is 3.96. The highest BCUT2D eigenvalue weighted by atomic mass is 127. The smallest absolute Gasteiger partial charge is 0.149 e. The van der Waals surface area contributed by atoms with Crippen LogP contribution in [0.15, 0.2) is 54.4 Å². The Bertz CT molecular complexity index is 748. The van der Waals surface area contributed by atoms with Gasteiger partial charge in [-0.2, -0.15) is 0 Å². The molecule has 126 valence electrons. The third-order valence-electron chi connectivity index (χ3n) is 4.07. The van der Waals surface area contributed by atoms with Crippen molar-refractivity contribution in [3.05, 3.63) is 74.1 Å². The van der Waals surface area contributed by atoms with Crippen molar-refractivity contribution in [2.45, 2.75) is 18.6 Å². The van der Waals surface area contributed by atoms with Gasteiger partial charge in [0.05, 0.1) is 7.11 Å². The fraction of sp³-hybridized carbons (Fsp3) is 0.222. The Kier molecular flexibility index (Phi) is 5.53. The first kappa shape index (κ1) is 17.4. The molecule has 2 unspecified atom stereocenters. The number of allylic oxidation sites excluding steroid dienone is 1. The Balaban J connectivity index is 1.92. The highest BCUT2D eigenvalue weighted by Gasteiger charge is 2.23. The van der Waals surface area contributed by atoms with Gasteiger partial charge in [0.1, 0.15) is 12.0 Å². The highest BCUT2D eigenvalue weighted by Crippen LogP contribution is 2.32. The monoisotopic (exact) mass is 455 g/mol. The maximum Gasteiger partial charge on any atom is 0.149 e. The van der Waals surface area contributed by atoms with E-state index >= 15 is 0 Å². The number of hydrogen-bond donors (Lipinski definition) is 3. The van der Waals surface area contributed by atoms with Crippen LogP contribution in [0, 0.1) is 3.57 Å². The molecule has 0 aliphatic carbocycles. The molecule has 3 rings (SSSR count). The molecule has 4 N–H and O–H groups in total. The van der Waals surface area contributed by atoms with Crippen molar-refractivity contribution in [2.75, 3.05) is 7.11 Å². The predicted octanol–water partition coefficient (Wildman–Crippen LogP) is 3.56. The summed E-state index contributed by atoms with van der Waals surface area (Å²) in [6.07, 6.45) is 2.48. The summed E-state index contributed by atoms with van der Waals surface area (Å²) >= 11 is 8.71. The molecule has 0 aromatic heterocycles. The van der Waals surface area contributed by atoms with Gasteiger partial charge in [0.2, 0.25) is 0 Å². The van der Waals surface area contributed by atoms with Crippen LogP contribution in [0.25, 0.3) is 0 Å². The largest absolute Gasteiger partial charge is 0.497 e. The Labute approximate surface area is 160 Å². The van der Waals surface area contributed by atoms with E-state index in [1.165, 1.54) is 5.56 Å². The van der Waals surface area contributed by atoms with Crippen LogP contribution in [0.2, 0.25) is 5.02 Å². The van der Waals surface area contributed by atoms with Gasteiger partial charge in [-0.05, 0) is 64.4 Å². The molecule has 0 spiro atoms. The summed E-state index contributed by atoms with van der Waals surface area (Å²) in [5, 5.41) is 7.17. The highest BCUT2D eigenvalue weighted by molar-refractivity contribution is 14.1. The van der Waals surface area contributed by atoms with E-state index in [0.29, 0.717) is 0 Å². The van der Waals surface area contributed by atoms with Crippen molar-refractivity contribution in [3.63, 3.8) is 0 Å². The van der Waals surface area contributed by atoms with Gasteiger partial charge in [-0.25, -0.2) is 0 Å². The summed E-state index contributed by atoms with van der Waals surface area (Å²) < 4.78 is 6.39. The molecule has 0 saturated heterocycles. The number of nitrogens with one attached hydrogen (secondary N) is 2. The van der Waals surface area contributed by atoms with Crippen LogP contribution in [0.3, 0.4) is 0 Å². The Morgan fingerprint density at radius 2 is 2.00 bits per heavy atom. The summed E-state index contributed by atoms with van der Waals surface area (Å²) in [4.78, 5) is 0. The number of hydrogen-bond acceptors (Lipinski definition) is 4. The summed E-state index contributed by atoms with van der Waals surface area (Å²) in [7, 11) is 1.67. The SMILES string of the molecule is COc1ccc(C(Cc2ccc(I)cc2Cl)C2=CNC(N)N2)cc1. The Hall–Kier alpha value is -1.44. The third-order valence-corrected chi connectivity index (χ3v) is 5.10. The number of ether oxygens (including phenoxy) is 1. The first-order chi connectivity index (χ1) is 11.6. The maximum absolute atomic E-state index is 6.44. The van der Waals surface area contributed by atoms with Crippen LogP contribution in [-0.2, 0) is 6.42 Å². The molecule has 0 fully saturated rings. The van der Waals surface area contributed by atoms with Crippen molar-refractivity contribution in [1.29, 1.82) is 0 Å². The number of halogens is 2. The number of methoxy groups -OCH3 is 1. The van der Waals surface area contributed by atoms with E-state index in [2.05, 4.69) is 57.5 Å². The van der Waals surface area contributed by atoms with Gasteiger partial charge < -0.3 is 15.4 Å². The molecule has 1 aliphatic heterocycles. The topological polar surface area (TPSA) is 59.3 Å². The van der Waals surface area contributed by atoms with Crippen LogP contribution in [0.5, 0.6) is 5.75 Å². The van der Waals surface area contributed by atoms with Crippen molar-refractivity contribution in [3.8, 4) is 5.75 Å². The molecule has 24 heavy (non-hydrogen) atoms. The van der Waals surface area contributed by atoms with E-state index in [9.17, 15) is 0 Å². The van der Waals surface area contributed by atoms with E-state index in [1.807, 2.05) is 24.4 Å². The van der Waals surface area contributed by atoms with E-state index in [0.717, 1.165) is 32.0 Å². The summed E-state index contributed by atoms with van der Waals surface area (Å²) in [6.45, 7) is 0. The van der Waals surface area contributed by atoms with Crippen molar-refractivity contribution >= 4 is 34.2 Å². The first-order valence-corrected chi connectivity index (χ1v) is 9.08. The molecule has 1 heterocycles. The molecule has 4 nitrogen and oxygen atoms in total. The molecule has 0 saturated carbocycles. The van der Waals surface area contributed by atoms with Crippen LogP contribution < -0.4 is 21.1 Å². The minimum Gasteiger partial charge on any atom is -0.497 e. The lowest BCUT2D eigenvalue weighted by molar-refractivity contribution is 0.414. The minimum absolute atomic E-state index is 0.134. The van der Waals surface area contributed by atoms with Crippen molar-refractivity contribution in [2.24, 2.45) is 5.73 Å². The minimum atomic E-state index is -0.257. The van der Waals surface area contributed by atoms with Crippen LogP contribution in [0.1, 0.15) is 17.0 Å². The standard InChI is InChI=1S/C18H19ClIN3O/c1-24-14-6-3-11(4-7-14)15(17-10-22-18(21)23-17)8-12-2-5-13(20)9-16(12)19/h2-7,9-10,15,18,22-23H,8,21H2,1H3. The van der Waals surface area contributed by atoms with Gasteiger partial charge >= 0.3 is 0 Å². The molecule has 0 amide bonds. The second-order valence-electron chi connectivity index (χ2n) is 5.65. The normalized spacial score (nSPS) is 17.7. The van der Waals surface area contributed by atoms with Crippen LogP contribution >= 0.6 is 34.2 Å². The molecular formula is C18H19ClIN3O. The summed E-state index contributed by atoms with van der Waals surface area (Å²) in [5.74, 6) is 0.975. The average Bonchev–Trinajstić information content (AvgIpc) is 3.00. The van der Waals surface area contributed by atoms with Crippen molar-refractivity contribution in [1.82, 2.24) is 10.6 Å². The van der Waals surface area contributed by atoms with E-state index in [-0.39, 0.29) is 12.2 Å². The summed E-state index contributed by atoms with van der Waals surface area (Å²) in [6, 6.07) is 14.3. The van der Waals surface area contributed by atoms with Gasteiger partial charge in [-0.3, -0.25) is 5.73 Å². The van der Waals surface area contributed by atoms with E-state index < -0.39 is 0 Å². The lowest BCUT2D eigenvalue weighted by Crippen LogP contribution is -2.41. The van der Waals surface area contributed by atoms with E-state index in [4.69, 9.17) is 22.1 Å². The fourth-order valence-corrected chi connectivity index (χ4v) is 3.73. The first-order valence-electron chi connectivity index (χ1n) is 7.63. The van der Waals surface area contributed by atoms with Crippen molar-refractivity contribution < 1.29 is 4.74 Å². The van der Waals surface area contributed by atoms with Gasteiger partial charge in [0.25, 0.3) is 0 Å². The number of rotatable bonds is 5. The van der Waals surface area contributed by atoms with Gasteiger partial charge in [-0.15, -0.1) is 0 Å². The molecular weight excluding hydrogens is 437 g/mol. The lowest BCUT2D eigenvalue weighted by Gasteiger charge is -2.21. The van der Waals surface area contributed by atoms with Crippen LogP contribution in [0.4, 0.5) is 0 Å². The maximum atomic E-state index is 6.44. The predicted molar refractivity (Wildman–Crippen MR) is 106 cm³/mol. The van der Waals surface area contributed by atoms with Gasteiger partial charge in [0, 0.05) is 26.4 Å². The molecule has 1 aliphatic rings. The Morgan fingerprint density at radius 1 is 1.25 bits per heavy atom. The second-order valence-corrected chi connectivity index (χ2v) is 7.31. The molecule has 2 atom stereocenters. The zero-order chi connectivity index (χ0) is 17.1. The number of benzene rings is 2. The fourth-order valence-electron chi connectivity index (χ4n) is 2.79. The molecule has 0 radical (unpaired) electrons. The van der Waals surface area contributed by atoms with Gasteiger partial charge in [0.15, 0.2) is 0 Å². The van der Waals surface area contributed by atoms with E-state index in [1.54, 1.807) is 7.11 Å². The molecule has 6 heteroatoms. The molecule has 2 aromatic rings. The summed E-state index contributed by atoms with van der Waals surface area (Å²) in [5.41, 5.74) is 9.26. The average molecular weight is 456 g/mol. The Morgan fingerprint density at radius 3 is 2.58 bits per heavy atom. The second kappa shape index (κ2) is 7.63. The van der Waals surface area contributed by atoms with Gasteiger partial charge in [-0.1, -0.05) is 29.8 Å². The lowest BCUT2D eigenvalue weighted by atomic mass is 9.89.